The van der Waals surface area contributed by atoms with Gasteiger partial charge in [-0.25, -0.2) is 0 Å². The second-order valence-electron chi connectivity index (χ2n) is 3.56. The first-order valence-corrected chi connectivity index (χ1v) is 6.48. The Kier molecular flexibility index (Phi) is 4.68. The van der Waals surface area contributed by atoms with Crippen LogP contribution in [0, 0.1) is 0 Å². The van der Waals surface area contributed by atoms with E-state index in [4.69, 9.17) is 0 Å². The Labute approximate surface area is 107 Å². The van der Waals surface area contributed by atoms with Crippen molar-refractivity contribution in [2.45, 2.75) is 0 Å². The highest BCUT2D eigenvalue weighted by atomic mass is 32.2. The summed E-state index contributed by atoms with van der Waals surface area (Å²) in [6.07, 6.45) is 4.22. The molecule has 2 rings (SSSR count). The summed E-state index contributed by atoms with van der Waals surface area (Å²) in [5.41, 5.74) is 2.46. The first kappa shape index (κ1) is 11.7. The van der Waals surface area contributed by atoms with E-state index in [1.165, 1.54) is 11.1 Å². The minimum absolute atomic E-state index is 1.23. The Morgan fingerprint density at radius 3 is 1.41 bits per heavy atom. The van der Waals surface area contributed by atoms with Crippen LogP contribution >= 0.6 is 11.8 Å². The zero-order chi connectivity index (χ0) is 11.8. The molecule has 0 N–H and O–H groups in total. The van der Waals surface area contributed by atoms with Crippen molar-refractivity contribution in [3.63, 3.8) is 0 Å². The van der Waals surface area contributed by atoms with Crippen LogP contribution in [0.3, 0.4) is 0 Å². The number of rotatable bonds is 4. The van der Waals surface area contributed by atoms with E-state index in [0.29, 0.717) is 0 Å². The molecular weight excluding hydrogens is 224 g/mol. The van der Waals surface area contributed by atoms with Gasteiger partial charge in [-0.15, -0.1) is 11.8 Å². The third kappa shape index (κ3) is 4.33. The molecule has 0 aliphatic carbocycles. The molecule has 0 bridgehead atoms. The molecule has 2 aromatic rings. The van der Waals surface area contributed by atoms with Gasteiger partial charge in [-0.3, -0.25) is 0 Å². The van der Waals surface area contributed by atoms with Crippen LogP contribution in [0.5, 0.6) is 0 Å². The van der Waals surface area contributed by atoms with Gasteiger partial charge < -0.3 is 0 Å². The Balaban J connectivity index is 1.84. The molecule has 0 amide bonds. The summed E-state index contributed by atoms with van der Waals surface area (Å²) in [7, 11) is 0. The second-order valence-corrected chi connectivity index (χ2v) is 4.38. The van der Waals surface area contributed by atoms with Crippen molar-refractivity contribution >= 4 is 23.9 Å². The van der Waals surface area contributed by atoms with Gasteiger partial charge in [-0.05, 0) is 34.1 Å². The minimum Gasteiger partial charge on any atom is -0.106 e. The average Bonchev–Trinajstić information content (AvgIpc) is 2.41. The lowest BCUT2D eigenvalue weighted by Crippen LogP contribution is -1.67. The van der Waals surface area contributed by atoms with Crippen molar-refractivity contribution < 1.29 is 0 Å². The number of benzene rings is 2. The number of thioether (sulfide) groups is 1. The third-order valence-electron chi connectivity index (χ3n) is 2.28. The summed E-state index contributed by atoms with van der Waals surface area (Å²) < 4.78 is 0. The summed E-state index contributed by atoms with van der Waals surface area (Å²) >= 11 is 1.68. The highest BCUT2D eigenvalue weighted by Crippen LogP contribution is 2.11. The Hall–Kier alpha value is -1.73. The zero-order valence-electron chi connectivity index (χ0n) is 9.49. The third-order valence-corrected chi connectivity index (χ3v) is 2.86. The Morgan fingerprint density at radius 1 is 0.588 bits per heavy atom. The van der Waals surface area contributed by atoms with Crippen LogP contribution < -0.4 is 0 Å². The van der Waals surface area contributed by atoms with Gasteiger partial charge in [0.15, 0.2) is 0 Å². The summed E-state index contributed by atoms with van der Waals surface area (Å²) in [5, 5.41) is 4.18. The number of hydrogen-bond donors (Lipinski definition) is 0. The molecular formula is C16H14S. The smallest absolute Gasteiger partial charge is 0.0242 e. The Morgan fingerprint density at radius 2 is 1.00 bits per heavy atom. The summed E-state index contributed by atoms with van der Waals surface area (Å²) in [4.78, 5) is 0. The zero-order valence-corrected chi connectivity index (χ0v) is 10.3. The van der Waals surface area contributed by atoms with Gasteiger partial charge in [0.25, 0.3) is 0 Å². The summed E-state index contributed by atoms with van der Waals surface area (Å²) in [5.74, 6) is 0. The van der Waals surface area contributed by atoms with Crippen LogP contribution in [-0.4, -0.2) is 0 Å². The van der Waals surface area contributed by atoms with E-state index in [9.17, 15) is 0 Å². The number of hydrogen-bond acceptors (Lipinski definition) is 1. The monoisotopic (exact) mass is 238 g/mol. The first-order chi connectivity index (χ1) is 8.45. The van der Waals surface area contributed by atoms with E-state index in [-0.39, 0.29) is 0 Å². The lowest BCUT2D eigenvalue weighted by Gasteiger charge is -1.91. The summed E-state index contributed by atoms with van der Waals surface area (Å²) in [6.45, 7) is 0. The maximum atomic E-state index is 2.11. The van der Waals surface area contributed by atoms with E-state index < -0.39 is 0 Å². The van der Waals surface area contributed by atoms with Crippen LogP contribution in [-0.2, 0) is 0 Å². The van der Waals surface area contributed by atoms with Crippen molar-refractivity contribution in [2.75, 3.05) is 0 Å². The van der Waals surface area contributed by atoms with Gasteiger partial charge in [-0.1, -0.05) is 60.7 Å². The lowest BCUT2D eigenvalue weighted by atomic mass is 10.2. The maximum absolute atomic E-state index is 2.11. The SMILES string of the molecule is C(=Cc1ccccc1)S/C=C/c1ccccc1. The normalized spacial score (nSPS) is 11.3. The molecule has 0 spiro atoms. The van der Waals surface area contributed by atoms with E-state index >= 15 is 0 Å². The van der Waals surface area contributed by atoms with Gasteiger partial charge in [0.05, 0.1) is 0 Å². The van der Waals surface area contributed by atoms with E-state index in [1.54, 1.807) is 11.8 Å². The van der Waals surface area contributed by atoms with Crippen LogP contribution in [0.2, 0.25) is 0 Å². The minimum atomic E-state index is 1.23. The topological polar surface area (TPSA) is 0 Å². The second kappa shape index (κ2) is 6.77. The molecule has 0 aliphatic rings. The van der Waals surface area contributed by atoms with E-state index in [2.05, 4.69) is 47.2 Å². The van der Waals surface area contributed by atoms with Gasteiger partial charge in [-0.2, -0.15) is 0 Å². The highest BCUT2D eigenvalue weighted by molar-refractivity contribution is 8.05. The van der Waals surface area contributed by atoms with Crippen LogP contribution in [0.4, 0.5) is 0 Å². The molecule has 0 aliphatic heterocycles. The molecule has 0 atom stereocenters. The molecule has 0 saturated heterocycles. The van der Waals surface area contributed by atoms with Crippen molar-refractivity contribution in [2.24, 2.45) is 0 Å². The molecule has 0 aromatic heterocycles. The average molecular weight is 238 g/mol. The van der Waals surface area contributed by atoms with Gasteiger partial charge in [0, 0.05) is 0 Å². The van der Waals surface area contributed by atoms with Gasteiger partial charge in [0.2, 0.25) is 0 Å². The molecule has 0 unspecified atom stereocenters. The van der Waals surface area contributed by atoms with Crippen molar-refractivity contribution in [3.05, 3.63) is 82.6 Å². The van der Waals surface area contributed by atoms with Gasteiger partial charge in [0.1, 0.15) is 0 Å². The molecule has 0 heterocycles. The van der Waals surface area contributed by atoms with Gasteiger partial charge >= 0.3 is 0 Å². The standard InChI is InChI=1S/C16H14S/c1-3-7-15(8-4-1)11-13-17-14-12-16-9-5-2-6-10-16/h1-14H/b13-11+,14-12?. The largest absolute Gasteiger partial charge is 0.106 e. The molecule has 1 heteroatoms. The fraction of sp³-hybridized carbons (Fsp3) is 0. The van der Waals surface area contributed by atoms with Crippen LogP contribution in [0.1, 0.15) is 11.1 Å². The molecule has 0 radical (unpaired) electrons. The maximum Gasteiger partial charge on any atom is -0.0242 e. The van der Waals surface area contributed by atoms with Crippen molar-refractivity contribution in [3.8, 4) is 0 Å². The van der Waals surface area contributed by atoms with Crippen molar-refractivity contribution in [1.82, 2.24) is 0 Å². The van der Waals surface area contributed by atoms with E-state index in [1.807, 2.05) is 36.4 Å². The fourth-order valence-corrected chi connectivity index (χ4v) is 1.97. The van der Waals surface area contributed by atoms with Crippen LogP contribution in [0.25, 0.3) is 12.2 Å². The Bertz CT molecular complexity index is 436. The predicted molar refractivity (Wildman–Crippen MR) is 78.5 cm³/mol. The lowest BCUT2D eigenvalue weighted by molar-refractivity contribution is 1.66. The van der Waals surface area contributed by atoms with E-state index in [0.717, 1.165) is 0 Å². The van der Waals surface area contributed by atoms with Crippen molar-refractivity contribution in [1.29, 1.82) is 0 Å². The van der Waals surface area contributed by atoms with Crippen LogP contribution in [0.15, 0.2) is 71.5 Å². The molecule has 0 saturated carbocycles. The predicted octanol–water partition coefficient (Wildman–Crippen LogP) is 5.06. The molecule has 17 heavy (non-hydrogen) atoms. The molecule has 0 fully saturated rings. The molecule has 84 valence electrons. The highest BCUT2D eigenvalue weighted by Gasteiger charge is 1.83. The fourth-order valence-electron chi connectivity index (χ4n) is 1.41. The quantitative estimate of drug-likeness (QED) is 0.717. The first-order valence-electron chi connectivity index (χ1n) is 5.54. The molecule has 2 aromatic carbocycles. The molecule has 0 nitrogen and oxygen atoms in total. The summed E-state index contributed by atoms with van der Waals surface area (Å²) in [6, 6.07) is 20.6.